The van der Waals surface area contributed by atoms with Crippen LogP contribution in [0.25, 0.3) is 5.57 Å². The van der Waals surface area contributed by atoms with Gasteiger partial charge in [-0.3, -0.25) is 0 Å². The van der Waals surface area contributed by atoms with Crippen LogP contribution in [-0.4, -0.2) is 20.7 Å². The molecule has 0 bridgehead atoms. The van der Waals surface area contributed by atoms with Crippen molar-refractivity contribution in [1.29, 1.82) is 0 Å². The molecule has 0 atom stereocenters. The summed E-state index contributed by atoms with van der Waals surface area (Å²) in [4.78, 5) is 2.18. The van der Waals surface area contributed by atoms with Gasteiger partial charge in [0.15, 0.2) is 0 Å². The Morgan fingerprint density at radius 3 is 2.26 bits per heavy atom. The second kappa shape index (κ2) is 6.10. The molecule has 0 heterocycles. The van der Waals surface area contributed by atoms with E-state index in [9.17, 15) is 0 Å². The highest BCUT2D eigenvalue weighted by Crippen LogP contribution is 2.21. The molecule has 19 heavy (non-hydrogen) atoms. The van der Waals surface area contributed by atoms with Gasteiger partial charge in [-0.25, -0.2) is 0 Å². The van der Waals surface area contributed by atoms with Crippen molar-refractivity contribution in [2.24, 2.45) is 0 Å². The lowest BCUT2D eigenvalue weighted by molar-refractivity contribution is 0.415. The van der Waals surface area contributed by atoms with Gasteiger partial charge in [-0.05, 0) is 35.4 Å². The van der Waals surface area contributed by atoms with Crippen molar-refractivity contribution < 1.29 is 4.74 Å². The van der Waals surface area contributed by atoms with E-state index in [1.165, 1.54) is 5.56 Å². The van der Waals surface area contributed by atoms with Crippen LogP contribution in [0.1, 0.15) is 5.56 Å². The summed E-state index contributed by atoms with van der Waals surface area (Å²) < 4.78 is 5.16. The van der Waals surface area contributed by atoms with Gasteiger partial charge in [-0.2, -0.15) is 0 Å². The molecule has 0 unspecified atom stereocenters. The lowest BCUT2D eigenvalue weighted by Crippen LogP contribution is -2.19. The maximum Gasteiger partial charge on any atom is 0.119 e. The monoisotopic (exact) mass is 253 g/mol. The highest BCUT2D eigenvalue weighted by Gasteiger charge is 2.04. The smallest absolute Gasteiger partial charge is 0.119 e. The minimum absolute atomic E-state index is 0.802. The Hall–Kier alpha value is -2.22. The SMILES string of the molecule is C=C(CN(C)c1ccc(OC)cc1)c1ccccc1. The zero-order chi connectivity index (χ0) is 13.7. The molecule has 0 N–H and O–H groups in total. The van der Waals surface area contributed by atoms with Gasteiger partial charge < -0.3 is 9.64 Å². The largest absolute Gasteiger partial charge is 0.497 e. The molecule has 0 aliphatic rings. The number of methoxy groups -OCH3 is 1. The van der Waals surface area contributed by atoms with E-state index in [1.54, 1.807) is 7.11 Å². The first-order valence-electron chi connectivity index (χ1n) is 6.29. The van der Waals surface area contributed by atoms with Crippen LogP contribution in [0.5, 0.6) is 5.75 Å². The molecule has 0 saturated heterocycles. The number of ether oxygens (including phenoxy) is 1. The maximum absolute atomic E-state index is 5.16. The van der Waals surface area contributed by atoms with E-state index in [0.29, 0.717) is 0 Å². The van der Waals surface area contributed by atoms with Crippen molar-refractivity contribution in [3.8, 4) is 5.75 Å². The summed E-state index contributed by atoms with van der Waals surface area (Å²) in [5.74, 6) is 0.874. The number of likely N-dealkylation sites (N-methyl/N-ethyl adjacent to an activating group) is 1. The Balaban J connectivity index is 2.04. The molecule has 98 valence electrons. The standard InChI is InChI=1S/C17H19NO/c1-14(15-7-5-4-6-8-15)13-18(2)16-9-11-17(19-3)12-10-16/h4-12H,1,13H2,2-3H3. The van der Waals surface area contributed by atoms with Gasteiger partial charge in [-0.15, -0.1) is 0 Å². The Labute approximate surface area is 114 Å². The summed E-state index contributed by atoms with van der Waals surface area (Å²) >= 11 is 0. The summed E-state index contributed by atoms with van der Waals surface area (Å²) in [7, 11) is 3.74. The Morgan fingerprint density at radius 1 is 1.05 bits per heavy atom. The Morgan fingerprint density at radius 2 is 1.68 bits per heavy atom. The number of hydrogen-bond acceptors (Lipinski definition) is 2. The zero-order valence-corrected chi connectivity index (χ0v) is 11.5. The summed E-state index contributed by atoms with van der Waals surface area (Å²) in [6.45, 7) is 4.96. The quantitative estimate of drug-likeness (QED) is 0.802. The zero-order valence-electron chi connectivity index (χ0n) is 11.5. The van der Waals surface area contributed by atoms with Gasteiger partial charge >= 0.3 is 0 Å². The minimum Gasteiger partial charge on any atom is -0.497 e. The average molecular weight is 253 g/mol. The third-order valence-corrected chi connectivity index (χ3v) is 3.12. The first-order chi connectivity index (χ1) is 9.20. The van der Waals surface area contributed by atoms with E-state index in [1.807, 2.05) is 30.3 Å². The minimum atomic E-state index is 0.802. The fraction of sp³-hybridized carbons (Fsp3) is 0.176. The topological polar surface area (TPSA) is 12.5 Å². The van der Waals surface area contributed by atoms with Crippen LogP contribution in [0, 0.1) is 0 Å². The van der Waals surface area contributed by atoms with Gasteiger partial charge in [0, 0.05) is 19.3 Å². The summed E-state index contributed by atoms with van der Waals surface area (Å²) in [5, 5.41) is 0. The first kappa shape index (κ1) is 13.2. The molecule has 0 spiro atoms. The molecule has 0 aromatic heterocycles. The van der Waals surface area contributed by atoms with E-state index in [-0.39, 0.29) is 0 Å². The van der Waals surface area contributed by atoms with Crippen LogP contribution < -0.4 is 9.64 Å². The number of anilines is 1. The highest BCUT2D eigenvalue weighted by atomic mass is 16.5. The average Bonchev–Trinajstić information content (AvgIpc) is 2.48. The third kappa shape index (κ3) is 3.38. The van der Waals surface area contributed by atoms with Crippen molar-refractivity contribution in [3.63, 3.8) is 0 Å². The molecule has 0 fully saturated rings. The van der Waals surface area contributed by atoms with Crippen LogP contribution in [-0.2, 0) is 0 Å². The van der Waals surface area contributed by atoms with E-state index in [0.717, 1.165) is 23.6 Å². The second-order valence-corrected chi connectivity index (χ2v) is 4.52. The third-order valence-electron chi connectivity index (χ3n) is 3.12. The van der Waals surface area contributed by atoms with Crippen LogP contribution in [0.15, 0.2) is 61.2 Å². The molecular weight excluding hydrogens is 234 g/mol. The predicted octanol–water partition coefficient (Wildman–Crippen LogP) is 3.84. The molecular formula is C17H19NO. The normalized spacial score (nSPS) is 10.0. The molecule has 2 aromatic carbocycles. The van der Waals surface area contributed by atoms with E-state index >= 15 is 0 Å². The molecule has 0 aliphatic heterocycles. The van der Waals surface area contributed by atoms with E-state index in [2.05, 4.69) is 42.8 Å². The highest BCUT2D eigenvalue weighted by molar-refractivity contribution is 5.68. The van der Waals surface area contributed by atoms with E-state index < -0.39 is 0 Å². The van der Waals surface area contributed by atoms with Crippen LogP contribution >= 0.6 is 0 Å². The van der Waals surface area contributed by atoms with Crippen molar-refractivity contribution in [2.45, 2.75) is 0 Å². The molecule has 0 radical (unpaired) electrons. The fourth-order valence-electron chi connectivity index (χ4n) is 1.98. The Bertz CT molecular complexity index is 531. The molecule has 0 amide bonds. The van der Waals surface area contributed by atoms with Crippen LogP contribution in [0.3, 0.4) is 0 Å². The van der Waals surface area contributed by atoms with Crippen molar-refractivity contribution >= 4 is 11.3 Å². The number of benzene rings is 2. The van der Waals surface area contributed by atoms with Gasteiger partial charge in [-0.1, -0.05) is 36.9 Å². The van der Waals surface area contributed by atoms with Gasteiger partial charge in [0.2, 0.25) is 0 Å². The molecule has 0 saturated carbocycles. The van der Waals surface area contributed by atoms with Crippen molar-refractivity contribution in [1.82, 2.24) is 0 Å². The summed E-state index contributed by atoms with van der Waals surface area (Å²) in [6, 6.07) is 18.3. The van der Waals surface area contributed by atoms with Crippen LogP contribution in [0.2, 0.25) is 0 Å². The fourth-order valence-corrected chi connectivity index (χ4v) is 1.98. The van der Waals surface area contributed by atoms with Gasteiger partial charge in [0.05, 0.1) is 7.11 Å². The van der Waals surface area contributed by atoms with Gasteiger partial charge in [0.25, 0.3) is 0 Å². The van der Waals surface area contributed by atoms with Crippen LogP contribution in [0.4, 0.5) is 5.69 Å². The second-order valence-electron chi connectivity index (χ2n) is 4.52. The van der Waals surface area contributed by atoms with Gasteiger partial charge in [0.1, 0.15) is 5.75 Å². The Kier molecular flexibility index (Phi) is 4.24. The number of nitrogens with zero attached hydrogens (tertiary/aromatic N) is 1. The first-order valence-corrected chi connectivity index (χ1v) is 6.29. The van der Waals surface area contributed by atoms with Crippen molar-refractivity contribution in [2.75, 3.05) is 25.6 Å². The lowest BCUT2D eigenvalue weighted by atomic mass is 10.1. The summed E-state index contributed by atoms with van der Waals surface area (Å²) in [6.07, 6.45) is 0. The maximum atomic E-state index is 5.16. The number of hydrogen-bond donors (Lipinski definition) is 0. The molecule has 2 nitrogen and oxygen atoms in total. The van der Waals surface area contributed by atoms with Crippen molar-refractivity contribution in [3.05, 3.63) is 66.7 Å². The lowest BCUT2D eigenvalue weighted by Gasteiger charge is -2.21. The predicted molar refractivity (Wildman–Crippen MR) is 81.7 cm³/mol. The molecule has 2 rings (SSSR count). The molecule has 2 heteroatoms. The summed E-state index contributed by atoms with van der Waals surface area (Å²) in [5.41, 5.74) is 3.44. The molecule has 2 aromatic rings. The number of rotatable bonds is 5. The molecule has 0 aliphatic carbocycles. The van der Waals surface area contributed by atoms with E-state index in [4.69, 9.17) is 4.74 Å².